The number of hydrogen-bond donors (Lipinski definition) is 1. The lowest BCUT2D eigenvalue weighted by Gasteiger charge is -2.30. The second kappa shape index (κ2) is 10.5. The molecule has 1 aromatic heterocycles. The van der Waals surface area contributed by atoms with Gasteiger partial charge in [0.2, 0.25) is 11.8 Å². The number of fused-ring (bicyclic) bond motifs is 2. The Hall–Kier alpha value is -3.61. The minimum atomic E-state index is -0.714. The van der Waals surface area contributed by atoms with Gasteiger partial charge in [-0.1, -0.05) is 35.2 Å². The van der Waals surface area contributed by atoms with Crippen LogP contribution in [0.2, 0.25) is 0 Å². The first kappa shape index (κ1) is 25.7. The number of aromatic amines is 1. The molecule has 3 aliphatic heterocycles. The number of methoxy groups -OCH3 is 1. The van der Waals surface area contributed by atoms with E-state index in [4.69, 9.17) is 14.2 Å². The number of hydrogen-bond acceptors (Lipinski definition) is 9. The third-order valence-electron chi connectivity index (χ3n) is 7.10. The summed E-state index contributed by atoms with van der Waals surface area (Å²) in [6.45, 7) is 1.95. The molecular weight excluding hydrogens is 542 g/mol. The number of nitrogens with one attached hydrogen (secondary N) is 1. The number of thiazole rings is 1. The van der Waals surface area contributed by atoms with Crippen LogP contribution in [0.15, 0.2) is 58.4 Å². The lowest BCUT2D eigenvalue weighted by molar-refractivity contribution is -0.137. The predicted octanol–water partition coefficient (Wildman–Crippen LogP) is 2.48. The van der Waals surface area contributed by atoms with E-state index in [0.29, 0.717) is 53.4 Å². The van der Waals surface area contributed by atoms with E-state index in [9.17, 15) is 19.2 Å². The lowest BCUT2D eigenvalue weighted by atomic mass is 9.83. The average molecular weight is 568 g/mol. The topological polar surface area (TPSA) is 118 Å². The number of amides is 3. The van der Waals surface area contributed by atoms with Crippen molar-refractivity contribution in [2.24, 2.45) is 5.92 Å². The first-order valence-electron chi connectivity index (χ1n) is 12.4. The SMILES string of the molecule is COc1ccc(N2C(=O)C3Sc4[nH]c(=O)sc4[C@H](c4cccc(OCC(=O)N5CCOCC5)c4)C3C2=O)cc1. The zero-order valence-corrected chi connectivity index (χ0v) is 22.6. The van der Waals surface area contributed by atoms with Crippen molar-refractivity contribution in [3.05, 3.63) is 68.6 Å². The molecule has 0 radical (unpaired) electrons. The lowest BCUT2D eigenvalue weighted by Crippen LogP contribution is -2.42. The van der Waals surface area contributed by atoms with Gasteiger partial charge in [-0.15, -0.1) is 0 Å². The molecule has 3 aromatic rings. The molecule has 6 rings (SSSR count). The zero-order valence-electron chi connectivity index (χ0n) is 21.0. The third-order valence-corrected chi connectivity index (χ3v) is 9.50. The molecule has 0 aliphatic carbocycles. The Balaban J connectivity index is 1.31. The number of morpholine rings is 1. The number of nitrogens with zero attached hydrogens (tertiary/aromatic N) is 2. The summed E-state index contributed by atoms with van der Waals surface area (Å²) in [7, 11) is 1.55. The van der Waals surface area contributed by atoms with E-state index in [1.165, 1.54) is 16.7 Å². The second-order valence-electron chi connectivity index (χ2n) is 9.31. The normalized spacial score (nSPS) is 22.4. The Bertz CT molecular complexity index is 1480. The molecule has 4 heterocycles. The Labute approximate surface area is 231 Å². The standard InChI is InChI=1S/C27H25N3O7S2/c1-35-17-7-5-16(6-8-17)30-25(32)21-20(22-24(28-27(34)39-22)38-23(21)26(30)33)15-3-2-4-18(13-15)37-14-19(31)29-9-11-36-12-10-29/h2-8,13,20-21,23H,9-12,14H2,1H3,(H,28,34)/t20-,21?,23?/m1/s1. The number of benzene rings is 2. The fourth-order valence-corrected chi connectivity index (χ4v) is 7.72. The molecule has 12 heteroatoms. The average Bonchev–Trinajstić information content (AvgIpc) is 3.46. The number of carbonyl (C=O) groups excluding carboxylic acids is 3. The number of ether oxygens (including phenoxy) is 3. The van der Waals surface area contributed by atoms with Gasteiger partial charge in [-0.2, -0.15) is 0 Å². The van der Waals surface area contributed by atoms with Gasteiger partial charge in [0, 0.05) is 23.9 Å². The van der Waals surface area contributed by atoms with E-state index in [0.717, 1.165) is 16.9 Å². The minimum absolute atomic E-state index is 0.124. The number of anilines is 1. The molecule has 0 spiro atoms. The maximum Gasteiger partial charge on any atom is 0.305 e. The van der Waals surface area contributed by atoms with Gasteiger partial charge in [0.05, 0.1) is 37.0 Å². The quantitative estimate of drug-likeness (QED) is 0.452. The maximum atomic E-state index is 13.9. The fourth-order valence-electron chi connectivity index (χ4n) is 5.21. The van der Waals surface area contributed by atoms with Crippen LogP contribution in [0, 0.1) is 5.92 Å². The van der Waals surface area contributed by atoms with Crippen LogP contribution in [0.1, 0.15) is 16.4 Å². The summed E-state index contributed by atoms with van der Waals surface area (Å²) in [4.78, 5) is 58.6. The molecule has 39 heavy (non-hydrogen) atoms. The molecule has 2 fully saturated rings. The largest absolute Gasteiger partial charge is 0.497 e. The highest BCUT2D eigenvalue weighted by Crippen LogP contribution is 2.53. The summed E-state index contributed by atoms with van der Waals surface area (Å²) in [6.07, 6.45) is 0. The van der Waals surface area contributed by atoms with E-state index in [2.05, 4.69) is 4.98 Å². The summed E-state index contributed by atoms with van der Waals surface area (Å²) in [5.74, 6) is -0.944. The molecule has 3 atom stereocenters. The van der Waals surface area contributed by atoms with Crippen molar-refractivity contribution in [3.63, 3.8) is 0 Å². The van der Waals surface area contributed by atoms with Gasteiger partial charge >= 0.3 is 4.87 Å². The highest BCUT2D eigenvalue weighted by Gasteiger charge is 2.56. The highest BCUT2D eigenvalue weighted by molar-refractivity contribution is 8.00. The van der Waals surface area contributed by atoms with Gasteiger partial charge in [0.15, 0.2) is 6.61 Å². The number of carbonyl (C=O) groups is 3. The zero-order chi connectivity index (χ0) is 27.1. The molecule has 3 amide bonds. The van der Waals surface area contributed by atoms with Crippen molar-refractivity contribution in [2.45, 2.75) is 16.2 Å². The summed E-state index contributed by atoms with van der Waals surface area (Å²) < 4.78 is 16.4. The summed E-state index contributed by atoms with van der Waals surface area (Å²) in [6, 6.07) is 14.0. The van der Waals surface area contributed by atoms with Gasteiger partial charge in [0.1, 0.15) is 16.7 Å². The maximum absolute atomic E-state index is 13.9. The number of imide groups is 1. The van der Waals surface area contributed by atoms with Crippen molar-refractivity contribution in [1.29, 1.82) is 0 Å². The van der Waals surface area contributed by atoms with E-state index in [-0.39, 0.29) is 29.2 Å². The Morgan fingerprint density at radius 3 is 2.56 bits per heavy atom. The van der Waals surface area contributed by atoms with Crippen LogP contribution in [0.5, 0.6) is 11.5 Å². The summed E-state index contributed by atoms with van der Waals surface area (Å²) in [5, 5.41) is -0.0994. The first-order valence-corrected chi connectivity index (χ1v) is 14.1. The monoisotopic (exact) mass is 567 g/mol. The van der Waals surface area contributed by atoms with Crippen molar-refractivity contribution >= 4 is 46.5 Å². The molecule has 3 aliphatic rings. The molecule has 202 valence electrons. The van der Waals surface area contributed by atoms with E-state index in [1.54, 1.807) is 54.5 Å². The molecule has 10 nitrogen and oxygen atoms in total. The van der Waals surface area contributed by atoms with Gasteiger partial charge in [-0.05, 0) is 42.0 Å². The van der Waals surface area contributed by atoms with Gasteiger partial charge in [-0.25, -0.2) is 4.90 Å². The Morgan fingerprint density at radius 2 is 1.82 bits per heavy atom. The highest BCUT2D eigenvalue weighted by atomic mass is 32.2. The number of H-pyrrole nitrogens is 1. The van der Waals surface area contributed by atoms with Crippen LogP contribution in [0.3, 0.4) is 0 Å². The van der Waals surface area contributed by atoms with Crippen LogP contribution in [0.4, 0.5) is 5.69 Å². The molecule has 2 unspecified atom stereocenters. The van der Waals surface area contributed by atoms with Gasteiger partial charge < -0.3 is 24.1 Å². The van der Waals surface area contributed by atoms with E-state index >= 15 is 0 Å². The van der Waals surface area contributed by atoms with Gasteiger partial charge in [0.25, 0.3) is 5.91 Å². The number of aromatic nitrogens is 1. The van der Waals surface area contributed by atoms with Crippen molar-refractivity contribution in [2.75, 3.05) is 44.9 Å². The van der Waals surface area contributed by atoms with Crippen LogP contribution in [0.25, 0.3) is 0 Å². The van der Waals surface area contributed by atoms with E-state index < -0.39 is 17.1 Å². The summed E-state index contributed by atoms with van der Waals surface area (Å²) >= 11 is 2.27. The minimum Gasteiger partial charge on any atom is -0.497 e. The predicted molar refractivity (Wildman–Crippen MR) is 145 cm³/mol. The third kappa shape index (κ3) is 4.72. The smallest absolute Gasteiger partial charge is 0.305 e. The molecule has 0 saturated carbocycles. The Kier molecular flexibility index (Phi) is 6.92. The van der Waals surface area contributed by atoms with Crippen molar-refractivity contribution in [3.8, 4) is 11.5 Å². The molecule has 2 saturated heterocycles. The molecule has 1 N–H and O–H groups in total. The van der Waals surface area contributed by atoms with Crippen LogP contribution in [-0.2, 0) is 19.1 Å². The van der Waals surface area contributed by atoms with Gasteiger partial charge in [-0.3, -0.25) is 19.2 Å². The van der Waals surface area contributed by atoms with E-state index in [1.807, 2.05) is 6.07 Å². The van der Waals surface area contributed by atoms with Crippen LogP contribution in [-0.4, -0.2) is 72.9 Å². The number of thioether (sulfide) groups is 1. The molecule has 0 bridgehead atoms. The Morgan fingerprint density at radius 1 is 1.05 bits per heavy atom. The fraction of sp³-hybridized carbons (Fsp3) is 0.333. The van der Waals surface area contributed by atoms with Crippen molar-refractivity contribution < 1.29 is 28.6 Å². The second-order valence-corrected chi connectivity index (χ2v) is 11.5. The van der Waals surface area contributed by atoms with Crippen LogP contribution >= 0.6 is 23.1 Å². The van der Waals surface area contributed by atoms with Crippen molar-refractivity contribution in [1.82, 2.24) is 9.88 Å². The number of rotatable bonds is 6. The summed E-state index contributed by atoms with van der Waals surface area (Å²) in [5.41, 5.74) is 1.20. The first-order chi connectivity index (χ1) is 18.9. The van der Waals surface area contributed by atoms with Crippen LogP contribution < -0.4 is 19.2 Å². The molecule has 2 aromatic carbocycles. The molecular formula is C27H25N3O7S2.